The lowest BCUT2D eigenvalue weighted by molar-refractivity contribution is 0.613. The predicted octanol–water partition coefficient (Wildman–Crippen LogP) is 7.38. The van der Waals surface area contributed by atoms with E-state index in [2.05, 4.69) is 52.0 Å². The fourth-order valence-corrected chi connectivity index (χ4v) is 2.99. The van der Waals surface area contributed by atoms with Gasteiger partial charge in [0.2, 0.25) is 0 Å². The molecule has 1 rings (SSSR count). The first-order valence-corrected chi connectivity index (χ1v) is 9.19. The lowest BCUT2D eigenvalue weighted by Crippen LogP contribution is -2.02. The second-order valence-corrected chi connectivity index (χ2v) is 7.21. The normalized spacial score (nSPS) is 17.3. The van der Waals surface area contributed by atoms with Gasteiger partial charge in [-0.2, -0.15) is 0 Å². The smallest absolute Gasteiger partial charge is 0.00134 e. The Labute approximate surface area is 133 Å². The van der Waals surface area contributed by atoms with Crippen molar-refractivity contribution in [3.8, 4) is 0 Å². The Morgan fingerprint density at radius 1 is 0.762 bits per heavy atom. The summed E-state index contributed by atoms with van der Waals surface area (Å²) in [6, 6.07) is 0. The Morgan fingerprint density at radius 3 is 1.90 bits per heavy atom. The maximum atomic E-state index is 2.48. The Kier molecular flexibility index (Phi) is 8.73. The Hall–Kier alpha value is -0.780. The van der Waals surface area contributed by atoms with Crippen LogP contribution in [0, 0.1) is 5.41 Å². The van der Waals surface area contributed by atoms with E-state index in [4.69, 9.17) is 0 Å². The largest absolute Gasteiger partial charge is 0.0748 e. The molecule has 0 aromatic heterocycles. The van der Waals surface area contributed by atoms with E-state index in [1.165, 1.54) is 64.2 Å². The van der Waals surface area contributed by atoms with E-state index in [0.29, 0.717) is 0 Å². The van der Waals surface area contributed by atoms with Crippen LogP contribution in [0.15, 0.2) is 35.5 Å². The standard InChI is InChI=1S/C21H36/c1-5-7-9-11-13-19-15-16-21(3,4)18-20(17-19)14-12-10-8-6-2/h15-18H,5-14H2,1-4H3. The molecule has 0 heteroatoms. The maximum absolute atomic E-state index is 2.48. The van der Waals surface area contributed by atoms with Crippen LogP contribution >= 0.6 is 0 Å². The molecule has 0 nitrogen and oxygen atoms in total. The molecule has 0 spiro atoms. The topological polar surface area (TPSA) is 0 Å². The Morgan fingerprint density at radius 2 is 1.33 bits per heavy atom. The monoisotopic (exact) mass is 288 g/mol. The molecule has 1 aliphatic carbocycles. The zero-order chi connectivity index (χ0) is 15.6. The summed E-state index contributed by atoms with van der Waals surface area (Å²) in [5, 5.41) is 0. The molecule has 0 saturated heterocycles. The van der Waals surface area contributed by atoms with E-state index in [-0.39, 0.29) is 5.41 Å². The second-order valence-electron chi connectivity index (χ2n) is 7.21. The lowest BCUT2D eigenvalue weighted by atomic mass is 9.90. The van der Waals surface area contributed by atoms with Crippen molar-refractivity contribution in [1.29, 1.82) is 0 Å². The van der Waals surface area contributed by atoms with Gasteiger partial charge in [0.15, 0.2) is 0 Å². The number of rotatable bonds is 10. The van der Waals surface area contributed by atoms with E-state index in [0.717, 1.165) is 0 Å². The van der Waals surface area contributed by atoms with Crippen molar-refractivity contribution in [3.63, 3.8) is 0 Å². The van der Waals surface area contributed by atoms with Crippen LogP contribution in [-0.2, 0) is 0 Å². The quantitative estimate of drug-likeness (QED) is 0.368. The van der Waals surface area contributed by atoms with Crippen molar-refractivity contribution in [2.24, 2.45) is 5.41 Å². The Balaban J connectivity index is 2.57. The van der Waals surface area contributed by atoms with Gasteiger partial charge in [-0.15, -0.1) is 0 Å². The highest BCUT2D eigenvalue weighted by molar-refractivity contribution is 5.36. The van der Waals surface area contributed by atoms with Gasteiger partial charge in [0, 0.05) is 5.41 Å². The third-order valence-corrected chi connectivity index (χ3v) is 4.29. The highest BCUT2D eigenvalue weighted by Crippen LogP contribution is 2.29. The van der Waals surface area contributed by atoms with Crippen molar-refractivity contribution in [3.05, 3.63) is 35.5 Å². The van der Waals surface area contributed by atoms with Crippen LogP contribution in [0.3, 0.4) is 0 Å². The van der Waals surface area contributed by atoms with Gasteiger partial charge in [-0.05, 0) is 31.3 Å². The van der Waals surface area contributed by atoms with Crippen LogP contribution in [0.5, 0.6) is 0 Å². The molecule has 0 fully saturated rings. The van der Waals surface area contributed by atoms with Crippen molar-refractivity contribution in [1.82, 2.24) is 0 Å². The van der Waals surface area contributed by atoms with E-state index >= 15 is 0 Å². The third-order valence-electron chi connectivity index (χ3n) is 4.29. The summed E-state index contributed by atoms with van der Waals surface area (Å²) < 4.78 is 0. The molecule has 1 aliphatic rings. The van der Waals surface area contributed by atoms with Gasteiger partial charge < -0.3 is 0 Å². The second kappa shape index (κ2) is 10.0. The predicted molar refractivity (Wildman–Crippen MR) is 96.6 cm³/mol. The number of unbranched alkanes of at least 4 members (excludes halogenated alkanes) is 6. The van der Waals surface area contributed by atoms with E-state index in [9.17, 15) is 0 Å². The van der Waals surface area contributed by atoms with Gasteiger partial charge in [0.25, 0.3) is 0 Å². The van der Waals surface area contributed by atoms with Crippen LogP contribution < -0.4 is 0 Å². The summed E-state index contributed by atoms with van der Waals surface area (Å²) in [5.41, 5.74) is 3.31. The molecule has 120 valence electrons. The first-order valence-electron chi connectivity index (χ1n) is 9.19. The molecule has 0 bridgehead atoms. The van der Waals surface area contributed by atoms with Crippen LogP contribution in [0.25, 0.3) is 0 Å². The third kappa shape index (κ3) is 8.29. The van der Waals surface area contributed by atoms with Gasteiger partial charge in [0.1, 0.15) is 0 Å². The van der Waals surface area contributed by atoms with Gasteiger partial charge >= 0.3 is 0 Å². The molecule has 0 radical (unpaired) electrons. The molecule has 0 aromatic carbocycles. The summed E-state index contributed by atoms with van der Waals surface area (Å²) in [5.74, 6) is 0. The van der Waals surface area contributed by atoms with Gasteiger partial charge in [-0.25, -0.2) is 0 Å². The minimum atomic E-state index is 0.210. The number of hydrogen-bond acceptors (Lipinski definition) is 0. The summed E-state index contributed by atoms with van der Waals surface area (Å²) in [6.45, 7) is 9.21. The summed E-state index contributed by atoms with van der Waals surface area (Å²) in [6.07, 6.45) is 23.1. The van der Waals surface area contributed by atoms with Crippen LogP contribution in [0.1, 0.15) is 91.9 Å². The first kappa shape index (κ1) is 18.3. The summed E-state index contributed by atoms with van der Waals surface area (Å²) in [4.78, 5) is 0. The maximum Gasteiger partial charge on any atom is 0.00134 e. The summed E-state index contributed by atoms with van der Waals surface area (Å²) in [7, 11) is 0. The SMILES string of the molecule is CCCCCCC1=CC(CCCCCC)=CC(C)(C)C=C1. The average molecular weight is 289 g/mol. The van der Waals surface area contributed by atoms with Gasteiger partial charge in [0.05, 0.1) is 0 Å². The molecule has 0 amide bonds. The van der Waals surface area contributed by atoms with Crippen LogP contribution in [0.2, 0.25) is 0 Å². The number of allylic oxidation sites excluding steroid dienone is 6. The van der Waals surface area contributed by atoms with E-state index < -0.39 is 0 Å². The molecule has 0 saturated carbocycles. The molecule has 0 atom stereocenters. The van der Waals surface area contributed by atoms with Crippen molar-refractivity contribution < 1.29 is 0 Å². The van der Waals surface area contributed by atoms with Gasteiger partial charge in [-0.1, -0.05) is 96.1 Å². The minimum Gasteiger partial charge on any atom is -0.0748 e. The summed E-state index contributed by atoms with van der Waals surface area (Å²) >= 11 is 0. The fourth-order valence-electron chi connectivity index (χ4n) is 2.99. The molecular formula is C21H36. The molecule has 0 unspecified atom stereocenters. The van der Waals surface area contributed by atoms with Crippen molar-refractivity contribution >= 4 is 0 Å². The molecule has 21 heavy (non-hydrogen) atoms. The number of hydrogen-bond donors (Lipinski definition) is 0. The highest BCUT2D eigenvalue weighted by Gasteiger charge is 2.14. The molecule has 0 aromatic rings. The van der Waals surface area contributed by atoms with Crippen molar-refractivity contribution in [2.75, 3.05) is 0 Å². The minimum absolute atomic E-state index is 0.210. The zero-order valence-electron chi connectivity index (χ0n) is 14.9. The molecule has 0 heterocycles. The van der Waals surface area contributed by atoms with Gasteiger partial charge in [-0.3, -0.25) is 0 Å². The molecule has 0 aliphatic heterocycles. The van der Waals surface area contributed by atoms with E-state index in [1.807, 2.05) is 0 Å². The first-order chi connectivity index (χ1) is 10.1. The van der Waals surface area contributed by atoms with Crippen LogP contribution in [-0.4, -0.2) is 0 Å². The van der Waals surface area contributed by atoms with Crippen molar-refractivity contribution in [2.45, 2.75) is 91.9 Å². The molecular weight excluding hydrogens is 252 g/mol. The zero-order valence-corrected chi connectivity index (χ0v) is 14.9. The Bertz CT molecular complexity index is 365. The average Bonchev–Trinajstić information content (AvgIpc) is 2.58. The molecule has 0 N–H and O–H groups in total. The highest BCUT2D eigenvalue weighted by atomic mass is 14.2. The fraction of sp³-hybridized carbons (Fsp3) is 0.714. The lowest BCUT2D eigenvalue weighted by Gasteiger charge is -2.15. The van der Waals surface area contributed by atoms with Crippen LogP contribution in [0.4, 0.5) is 0 Å². The van der Waals surface area contributed by atoms with E-state index in [1.54, 1.807) is 11.1 Å².